The molecule has 2 amide bonds. The number of hydrogen-bond acceptors (Lipinski definition) is 6. The molecular weight excluding hydrogens is 402 g/mol. The molecule has 1 aliphatic heterocycles. The van der Waals surface area contributed by atoms with Gasteiger partial charge in [0.05, 0.1) is 24.9 Å². The SMILES string of the molecule is COc1ccc(CC(=O)Nc2nc(-c3ccc4c(c3)N(C)C(=O)C(C)O4)cs2)cc1. The summed E-state index contributed by atoms with van der Waals surface area (Å²) >= 11 is 1.35. The van der Waals surface area contributed by atoms with Crippen molar-refractivity contribution in [2.24, 2.45) is 0 Å². The fourth-order valence-electron chi connectivity index (χ4n) is 3.23. The first-order valence-electron chi connectivity index (χ1n) is 9.41. The van der Waals surface area contributed by atoms with E-state index in [0.717, 1.165) is 22.6 Å². The predicted molar refractivity (Wildman–Crippen MR) is 116 cm³/mol. The van der Waals surface area contributed by atoms with Gasteiger partial charge in [0.15, 0.2) is 11.2 Å². The maximum absolute atomic E-state index is 12.3. The van der Waals surface area contributed by atoms with Gasteiger partial charge in [0.1, 0.15) is 11.5 Å². The lowest BCUT2D eigenvalue weighted by Gasteiger charge is -2.30. The molecule has 3 aromatic rings. The normalized spacial score (nSPS) is 15.4. The standard InChI is InChI=1S/C22H21N3O4S/c1-13-21(27)25(2)18-11-15(6-9-19(18)29-13)17-12-30-22(23-17)24-20(26)10-14-4-7-16(28-3)8-5-14/h4-9,11-13H,10H2,1-3H3,(H,23,24,26). The van der Waals surface area contributed by atoms with Gasteiger partial charge in [-0.3, -0.25) is 9.59 Å². The van der Waals surface area contributed by atoms with Crippen LogP contribution in [0.5, 0.6) is 11.5 Å². The number of hydrogen-bond donors (Lipinski definition) is 1. The predicted octanol–water partition coefficient (Wildman–Crippen LogP) is 3.74. The number of nitrogens with zero attached hydrogens (tertiary/aromatic N) is 2. The van der Waals surface area contributed by atoms with E-state index in [1.54, 1.807) is 26.0 Å². The van der Waals surface area contributed by atoms with Gasteiger partial charge >= 0.3 is 0 Å². The first-order valence-corrected chi connectivity index (χ1v) is 10.3. The Kier molecular flexibility index (Phi) is 5.41. The van der Waals surface area contributed by atoms with Crippen LogP contribution in [0.3, 0.4) is 0 Å². The van der Waals surface area contributed by atoms with Crippen molar-refractivity contribution in [3.8, 4) is 22.8 Å². The van der Waals surface area contributed by atoms with E-state index in [1.165, 1.54) is 11.3 Å². The minimum atomic E-state index is -0.500. The highest BCUT2D eigenvalue weighted by Crippen LogP contribution is 2.37. The molecule has 30 heavy (non-hydrogen) atoms. The molecule has 0 spiro atoms. The smallest absolute Gasteiger partial charge is 0.267 e. The Morgan fingerprint density at radius 1 is 1.27 bits per heavy atom. The van der Waals surface area contributed by atoms with Crippen LogP contribution in [0.25, 0.3) is 11.3 Å². The van der Waals surface area contributed by atoms with E-state index in [2.05, 4.69) is 10.3 Å². The van der Waals surface area contributed by atoms with Crippen LogP contribution in [0.4, 0.5) is 10.8 Å². The fraction of sp³-hybridized carbons (Fsp3) is 0.227. The molecule has 1 aromatic heterocycles. The van der Waals surface area contributed by atoms with Crippen molar-refractivity contribution in [2.75, 3.05) is 24.4 Å². The minimum absolute atomic E-state index is 0.0931. The summed E-state index contributed by atoms with van der Waals surface area (Å²) in [4.78, 5) is 30.6. The molecule has 0 bridgehead atoms. The molecule has 1 atom stereocenters. The lowest BCUT2D eigenvalue weighted by atomic mass is 10.1. The topological polar surface area (TPSA) is 80.8 Å². The highest BCUT2D eigenvalue weighted by Gasteiger charge is 2.29. The average molecular weight is 423 g/mol. The number of benzene rings is 2. The summed E-state index contributed by atoms with van der Waals surface area (Å²) in [5, 5.41) is 5.24. The Morgan fingerprint density at radius 2 is 2.03 bits per heavy atom. The summed E-state index contributed by atoms with van der Waals surface area (Å²) in [6.07, 6.45) is -0.250. The minimum Gasteiger partial charge on any atom is -0.497 e. The van der Waals surface area contributed by atoms with E-state index in [9.17, 15) is 9.59 Å². The zero-order valence-electron chi connectivity index (χ0n) is 16.8. The molecule has 0 fully saturated rings. The Hall–Kier alpha value is -3.39. The number of rotatable bonds is 5. The molecule has 1 unspecified atom stereocenters. The first kappa shape index (κ1) is 19.9. The third kappa shape index (κ3) is 3.99. The van der Waals surface area contributed by atoms with Crippen molar-refractivity contribution in [3.63, 3.8) is 0 Å². The Balaban J connectivity index is 1.46. The van der Waals surface area contributed by atoms with Crippen molar-refractivity contribution in [3.05, 3.63) is 53.4 Å². The van der Waals surface area contributed by atoms with E-state index in [0.29, 0.717) is 16.6 Å². The van der Waals surface area contributed by atoms with Crippen molar-refractivity contribution in [2.45, 2.75) is 19.4 Å². The fourth-order valence-corrected chi connectivity index (χ4v) is 3.96. The van der Waals surface area contributed by atoms with Crippen LogP contribution >= 0.6 is 11.3 Å². The van der Waals surface area contributed by atoms with Crippen molar-refractivity contribution in [1.29, 1.82) is 0 Å². The van der Waals surface area contributed by atoms with E-state index in [-0.39, 0.29) is 18.2 Å². The highest BCUT2D eigenvalue weighted by atomic mass is 32.1. The molecule has 2 heterocycles. The van der Waals surface area contributed by atoms with Gasteiger partial charge in [-0.1, -0.05) is 12.1 Å². The third-order valence-electron chi connectivity index (χ3n) is 4.87. The molecule has 1 N–H and O–H groups in total. The molecule has 1 aliphatic rings. The molecule has 0 saturated heterocycles. The Morgan fingerprint density at radius 3 is 2.77 bits per heavy atom. The van der Waals surface area contributed by atoms with Crippen molar-refractivity contribution >= 4 is 34.0 Å². The Labute approximate surface area is 178 Å². The van der Waals surface area contributed by atoms with Gasteiger partial charge in [0.25, 0.3) is 5.91 Å². The zero-order chi connectivity index (χ0) is 21.3. The lowest BCUT2D eigenvalue weighted by molar-refractivity contribution is -0.125. The molecular formula is C22H21N3O4S. The van der Waals surface area contributed by atoms with Gasteiger partial charge < -0.3 is 19.7 Å². The van der Waals surface area contributed by atoms with Crippen LogP contribution in [-0.4, -0.2) is 37.1 Å². The van der Waals surface area contributed by atoms with Gasteiger partial charge in [0.2, 0.25) is 5.91 Å². The zero-order valence-corrected chi connectivity index (χ0v) is 17.7. The van der Waals surface area contributed by atoms with E-state index in [4.69, 9.17) is 9.47 Å². The van der Waals surface area contributed by atoms with Crippen LogP contribution in [-0.2, 0) is 16.0 Å². The molecule has 154 valence electrons. The van der Waals surface area contributed by atoms with Gasteiger partial charge in [0, 0.05) is 18.0 Å². The van der Waals surface area contributed by atoms with E-state index >= 15 is 0 Å². The number of amides is 2. The largest absolute Gasteiger partial charge is 0.497 e. The number of likely N-dealkylation sites (N-methyl/N-ethyl adjacent to an activating group) is 1. The van der Waals surface area contributed by atoms with Crippen molar-refractivity contribution < 1.29 is 19.1 Å². The second-order valence-electron chi connectivity index (χ2n) is 6.95. The second kappa shape index (κ2) is 8.16. The summed E-state index contributed by atoms with van der Waals surface area (Å²) < 4.78 is 10.8. The van der Waals surface area contributed by atoms with Crippen molar-refractivity contribution in [1.82, 2.24) is 4.98 Å². The van der Waals surface area contributed by atoms with Gasteiger partial charge in [-0.05, 0) is 42.8 Å². The highest BCUT2D eigenvalue weighted by molar-refractivity contribution is 7.14. The molecule has 8 heteroatoms. The van der Waals surface area contributed by atoms with E-state index in [1.807, 2.05) is 47.8 Å². The van der Waals surface area contributed by atoms with Gasteiger partial charge in [-0.15, -0.1) is 11.3 Å². The van der Waals surface area contributed by atoms with Crippen LogP contribution < -0.4 is 19.7 Å². The van der Waals surface area contributed by atoms with E-state index < -0.39 is 6.10 Å². The van der Waals surface area contributed by atoms with Crippen LogP contribution in [0, 0.1) is 0 Å². The summed E-state index contributed by atoms with van der Waals surface area (Å²) in [6, 6.07) is 13.0. The molecule has 7 nitrogen and oxygen atoms in total. The lowest BCUT2D eigenvalue weighted by Crippen LogP contribution is -2.41. The van der Waals surface area contributed by atoms with Crippen LogP contribution in [0.1, 0.15) is 12.5 Å². The number of carbonyl (C=O) groups is 2. The molecule has 2 aromatic carbocycles. The number of aromatic nitrogens is 1. The summed E-state index contributed by atoms with van der Waals surface area (Å²) in [5.41, 5.74) is 3.16. The Bertz CT molecular complexity index is 1090. The third-order valence-corrected chi connectivity index (χ3v) is 5.63. The number of fused-ring (bicyclic) bond motifs is 1. The van der Waals surface area contributed by atoms with Gasteiger partial charge in [-0.2, -0.15) is 0 Å². The summed E-state index contributed by atoms with van der Waals surface area (Å²) in [7, 11) is 3.34. The van der Waals surface area contributed by atoms with Crippen LogP contribution in [0.15, 0.2) is 47.8 Å². The summed E-state index contributed by atoms with van der Waals surface area (Å²) in [6.45, 7) is 1.73. The van der Waals surface area contributed by atoms with Gasteiger partial charge in [-0.25, -0.2) is 4.98 Å². The molecule has 0 radical (unpaired) electrons. The maximum atomic E-state index is 12.3. The number of carbonyl (C=O) groups excluding carboxylic acids is 2. The number of ether oxygens (including phenoxy) is 2. The monoisotopic (exact) mass is 423 g/mol. The number of anilines is 2. The number of thiazole rings is 1. The number of nitrogens with one attached hydrogen (secondary N) is 1. The maximum Gasteiger partial charge on any atom is 0.267 e. The number of methoxy groups -OCH3 is 1. The quantitative estimate of drug-likeness (QED) is 0.676. The first-order chi connectivity index (χ1) is 14.4. The van der Waals surface area contributed by atoms with Crippen LogP contribution in [0.2, 0.25) is 0 Å². The molecule has 4 rings (SSSR count). The molecule has 0 aliphatic carbocycles. The summed E-state index contributed by atoms with van der Waals surface area (Å²) in [5.74, 6) is 1.18. The second-order valence-corrected chi connectivity index (χ2v) is 7.81. The molecule has 0 saturated carbocycles. The average Bonchev–Trinajstić information content (AvgIpc) is 3.21.